The highest BCUT2D eigenvalue weighted by atomic mass is 16.6. The Balaban J connectivity index is 2.99. The molecule has 0 heterocycles. The summed E-state index contributed by atoms with van der Waals surface area (Å²) in [6.07, 6.45) is -0.0306. The predicted octanol–water partition coefficient (Wildman–Crippen LogP) is 1.61. The largest absolute Gasteiger partial charge is 0.493 e. The average molecular weight is 256 g/mol. The Morgan fingerprint density at radius 3 is 2.06 bits per heavy atom. The van der Waals surface area contributed by atoms with Gasteiger partial charge in [-0.25, -0.2) is 0 Å². The minimum Gasteiger partial charge on any atom is -0.493 e. The van der Waals surface area contributed by atoms with Gasteiger partial charge in [-0.2, -0.15) is 0 Å². The number of aliphatic hydroxyl groups excluding tert-OH is 1. The molecule has 0 saturated carbocycles. The maximum absolute atomic E-state index is 9.15. The molecule has 0 fully saturated rings. The normalized spacial score (nSPS) is 12.1. The molecule has 0 aliphatic carbocycles. The molecular weight excluding hydrogens is 236 g/mol. The SMILES string of the molecule is COc1cc(CO)cc(OC)c1OCC(C)OC. The number of rotatable bonds is 7. The Morgan fingerprint density at radius 1 is 1.11 bits per heavy atom. The van der Waals surface area contributed by atoms with Crippen molar-refractivity contribution in [3.05, 3.63) is 17.7 Å². The van der Waals surface area contributed by atoms with Crippen molar-refractivity contribution in [2.24, 2.45) is 0 Å². The molecule has 102 valence electrons. The van der Waals surface area contributed by atoms with E-state index in [9.17, 15) is 0 Å². The lowest BCUT2D eigenvalue weighted by molar-refractivity contribution is 0.0694. The van der Waals surface area contributed by atoms with Gasteiger partial charge in [0.25, 0.3) is 0 Å². The standard InChI is InChI=1S/C13H20O5/c1-9(15-2)8-18-13-11(16-3)5-10(7-14)6-12(13)17-4/h5-6,9,14H,7-8H2,1-4H3. The first-order valence-corrected chi connectivity index (χ1v) is 5.67. The first-order valence-electron chi connectivity index (χ1n) is 5.67. The fraction of sp³-hybridized carbons (Fsp3) is 0.538. The van der Waals surface area contributed by atoms with Crippen molar-refractivity contribution >= 4 is 0 Å². The van der Waals surface area contributed by atoms with Gasteiger partial charge in [-0.15, -0.1) is 0 Å². The van der Waals surface area contributed by atoms with E-state index in [4.69, 9.17) is 24.1 Å². The minimum absolute atomic E-state index is 0.0306. The van der Waals surface area contributed by atoms with E-state index in [0.29, 0.717) is 29.4 Å². The number of hydrogen-bond donors (Lipinski definition) is 1. The van der Waals surface area contributed by atoms with Crippen LogP contribution in [-0.2, 0) is 11.3 Å². The highest BCUT2D eigenvalue weighted by Gasteiger charge is 2.15. The van der Waals surface area contributed by atoms with E-state index in [1.807, 2.05) is 6.92 Å². The molecule has 0 aromatic heterocycles. The summed E-state index contributed by atoms with van der Waals surface area (Å²) in [6.45, 7) is 2.21. The highest BCUT2D eigenvalue weighted by Crippen LogP contribution is 2.38. The van der Waals surface area contributed by atoms with Gasteiger partial charge < -0.3 is 24.1 Å². The van der Waals surface area contributed by atoms with Crippen LogP contribution in [0.3, 0.4) is 0 Å². The van der Waals surface area contributed by atoms with Gasteiger partial charge in [0.05, 0.1) is 26.9 Å². The van der Waals surface area contributed by atoms with Crippen molar-refractivity contribution in [2.45, 2.75) is 19.6 Å². The molecule has 0 amide bonds. The molecule has 0 bridgehead atoms. The van der Waals surface area contributed by atoms with Crippen molar-refractivity contribution in [2.75, 3.05) is 27.9 Å². The topological polar surface area (TPSA) is 57.2 Å². The molecule has 5 nitrogen and oxygen atoms in total. The first-order chi connectivity index (χ1) is 8.65. The maximum Gasteiger partial charge on any atom is 0.203 e. The first kappa shape index (κ1) is 14.6. The molecule has 1 aromatic carbocycles. The van der Waals surface area contributed by atoms with Crippen molar-refractivity contribution in [1.29, 1.82) is 0 Å². The molecule has 1 N–H and O–H groups in total. The monoisotopic (exact) mass is 256 g/mol. The highest BCUT2D eigenvalue weighted by molar-refractivity contribution is 5.53. The summed E-state index contributed by atoms with van der Waals surface area (Å²) in [7, 11) is 4.71. The smallest absolute Gasteiger partial charge is 0.203 e. The lowest BCUT2D eigenvalue weighted by Gasteiger charge is -2.17. The van der Waals surface area contributed by atoms with Crippen LogP contribution in [0.15, 0.2) is 12.1 Å². The number of benzene rings is 1. The summed E-state index contributed by atoms with van der Waals surface area (Å²) >= 11 is 0. The van der Waals surface area contributed by atoms with E-state index >= 15 is 0 Å². The lowest BCUT2D eigenvalue weighted by atomic mass is 10.2. The van der Waals surface area contributed by atoms with Crippen LogP contribution >= 0.6 is 0 Å². The lowest BCUT2D eigenvalue weighted by Crippen LogP contribution is -2.16. The second-order valence-corrected chi connectivity index (χ2v) is 3.84. The second-order valence-electron chi connectivity index (χ2n) is 3.84. The van der Waals surface area contributed by atoms with Gasteiger partial charge >= 0.3 is 0 Å². The third-order valence-electron chi connectivity index (χ3n) is 2.57. The van der Waals surface area contributed by atoms with Gasteiger partial charge in [-0.05, 0) is 24.6 Å². The van der Waals surface area contributed by atoms with E-state index in [1.54, 1.807) is 33.5 Å². The third kappa shape index (κ3) is 3.51. The average Bonchev–Trinajstić information content (AvgIpc) is 2.43. The number of ether oxygens (including phenoxy) is 4. The summed E-state index contributed by atoms with van der Waals surface area (Å²) in [6, 6.07) is 3.44. The van der Waals surface area contributed by atoms with Crippen LogP contribution < -0.4 is 14.2 Å². The fourth-order valence-corrected chi connectivity index (χ4v) is 1.44. The summed E-state index contributed by atoms with van der Waals surface area (Å²) < 4.78 is 21.2. The van der Waals surface area contributed by atoms with Crippen LogP contribution in [0.4, 0.5) is 0 Å². The molecule has 5 heteroatoms. The number of methoxy groups -OCH3 is 3. The molecule has 18 heavy (non-hydrogen) atoms. The predicted molar refractivity (Wildman–Crippen MR) is 67.4 cm³/mol. The molecule has 0 aliphatic rings. The van der Waals surface area contributed by atoms with E-state index < -0.39 is 0 Å². The molecule has 0 spiro atoms. The molecular formula is C13H20O5. The summed E-state index contributed by atoms with van der Waals surface area (Å²) in [5, 5.41) is 9.15. The Bertz CT molecular complexity index is 353. The van der Waals surface area contributed by atoms with E-state index in [0.717, 1.165) is 0 Å². The van der Waals surface area contributed by atoms with Crippen molar-refractivity contribution < 1.29 is 24.1 Å². The van der Waals surface area contributed by atoms with Crippen LogP contribution in [0, 0.1) is 0 Å². The molecule has 1 atom stereocenters. The summed E-state index contributed by atoms with van der Waals surface area (Å²) in [5.41, 5.74) is 0.704. The molecule has 0 aliphatic heterocycles. The third-order valence-corrected chi connectivity index (χ3v) is 2.57. The molecule has 1 unspecified atom stereocenters. The van der Waals surface area contributed by atoms with Crippen LogP contribution in [0.25, 0.3) is 0 Å². The van der Waals surface area contributed by atoms with Crippen LogP contribution in [0.2, 0.25) is 0 Å². The zero-order valence-electron chi connectivity index (χ0n) is 11.2. The second kappa shape index (κ2) is 7.08. The van der Waals surface area contributed by atoms with Crippen LogP contribution in [0.5, 0.6) is 17.2 Å². The maximum atomic E-state index is 9.15. The minimum atomic E-state index is -0.0819. The van der Waals surface area contributed by atoms with Gasteiger partial charge in [0, 0.05) is 7.11 Å². The quantitative estimate of drug-likeness (QED) is 0.803. The molecule has 0 radical (unpaired) electrons. The Labute approximate surface area is 107 Å². The van der Waals surface area contributed by atoms with Gasteiger partial charge in [-0.1, -0.05) is 0 Å². The fourth-order valence-electron chi connectivity index (χ4n) is 1.44. The number of hydrogen-bond acceptors (Lipinski definition) is 5. The Hall–Kier alpha value is -1.46. The molecule has 1 rings (SSSR count). The van der Waals surface area contributed by atoms with Crippen LogP contribution in [-0.4, -0.2) is 39.1 Å². The van der Waals surface area contributed by atoms with Gasteiger partial charge in [-0.3, -0.25) is 0 Å². The van der Waals surface area contributed by atoms with Crippen molar-refractivity contribution in [1.82, 2.24) is 0 Å². The zero-order valence-corrected chi connectivity index (χ0v) is 11.2. The summed E-state index contributed by atoms with van der Waals surface area (Å²) in [5.74, 6) is 1.57. The van der Waals surface area contributed by atoms with Crippen LogP contribution in [0.1, 0.15) is 12.5 Å². The summed E-state index contributed by atoms with van der Waals surface area (Å²) in [4.78, 5) is 0. The Morgan fingerprint density at radius 2 is 1.67 bits per heavy atom. The van der Waals surface area contributed by atoms with Gasteiger partial charge in [0.1, 0.15) is 6.61 Å². The van der Waals surface area contributed by atoms with E-state index in [2.05, 4.69) is 0 Å². The van der Waals surface area contributed by atoms with Crippen molar-refractivity contribution in [3.63, 3.8) is 0 Å². The number of aliphatic hydroxyl groups is 1. The van der Waals surface area contributed by atoms with Crippen molar-refractivity contribution in [3.8, 4) is 17.2 Å². The molecule has 0 saturated heterocycles. The van der Waals surface area contributed by atoms with E-state index in [-0.39, 0.29) is 12.7 Å². The Kier molecular flexibility index (Phi) is 5.74. The zero-order chi connectivity index (χ0) is 13.5. The molecule has 1 aromatic rings. The van der Waals surface area contributed by atoms with Gasteiger partial charge in [0.15, 0.2) is 11.5 Å². The van der Waals surface area contributed by atoms with Gasteiger partial charge in [0.2, 0.25) is 5.75 Å². The van der Waals surface area contributed by atoms with E-state index in [1.165, 1.54) is 0 Å².